The van der Waals surface area contributed by atoms with Gasteiger partial charge in [-0.2, -0.15) is 0 Å². The molecule has 0 saturated heterocycles. The van der Waals surface area contributed by atoms with Crippen LogP contribution in [0.25, 0.3) is 16.7 Å². The lowest BCUT2D eigenvalue weighted by Crippen LogP contribution is -2.21. The smallest absolute Gasteiger partial charge is 0.267 e. The van der Waals surface area contributed by atoms with Gasteiger partial charge in [0.05, 0.1) is 11.1 Å². The Hall–Kier alpha value is -2.56. The van der Waals surface area contributed by atoms with Crippen LogP contribution in [0.4, 0.5) is 4.39 Å². The topological polar surface area (TPSA) is 47.8 Å². The van der Waals surface area contributed by atoms with E-state index in [1.807, 2.05) is 6.07 Å². The molecule has 3 heterocycles. The van der Waals surface area contributed by atoms with Crippen LogP contribution in [0.1, 0.15) is 11.4 Å². The van der Waals surface area contributed by atoms with Crippen molar-refractivity contribution in [3.8, 4) is 5.69 Å². The number of hydrogen-bond acceptors (Lipinski definition) is 3. The lowest BCUT2D eigenvalue weighted by atomic mass is 10.1. The zero-order valence-corrected chi connectivity index (χ0v) is 9.80. The maximum atomic E-state index is 13.9. The number of rotatable bonds is 0. The Morgan fingerprint density at radius 1 is 1.21 bits per heavy atom. The third-order valence-electron chi connectivity index (χ3n) is 3.36. The molecule has 4 rings (SSSR count). The maximum Gasteiger partial charge on any atom is 0.267 e. The molecule has 5 heteroatoms. The highest BCUT2D eigenvalue weighted by Crippen LogP contribution is 2.27. The van der Waals surface area contributed by atoms with E-state index in [-0.39, 0.29) is 5.56 Å². The summed E-state index contributed by atoms with van der Waals surface area (Å²) in [5, 5.41) is 0.405. The van der Waals surface area contributed by atoms with E-state index < -0.39 is 5.82 Å². The molecule has 19 heavy (non-hydrogen) atoms. The molecule has 0 radical (unpaired) electrons. The van der Waals surface area contributed by atoms with Crippen molar-refractivity contribution in [3.05, 3.63) is 64.1 Å². The Morgan fingerprint density at radius 3 is 3.00 bits per heavy atom. The first-order valence-corrected chi connectivity index (χ1v) is 5.90. The van der Waals surface area contributed by atoms with Crippen molar-refractivity contribution in [2.24, 2.45) is 0 Å². The van der Waals surface area contributed by atoms with Crippen LogP contribution in [0.2, 0.25) is 0 Å². The normalized spacial score (nSPS) is 12.5. The number of hydrogen-bond donors (Lipinski definition) is 0. The van der Waals surface area contributed by atoms with E-state index in [1.54, 1.807) is 24.4 Å². The highest BCUT2D eigenvalue weighted by Gasteiger charge is 2.25. The molecule has 0 amide bonds. The SMILES string of the molecule is O=c1c2cccnc2nc2n1-c1c(F)cccc1C2. The molecule has 0 saturated carbocycles. The van der Waals surface area contributed by atoms with Crippen LogP contribution >= 0.6 is 0 Å². The standard InChI is InChI=1S/C14H8FN3O/c15-10-5-1-3-8-7-11-17-13-9(4-2-6-16-13)14(19)18(11)12(8)10/h1-6H,7H2. The first-order chi connectivity index (χ1) is 9.25. The average molecular weight is 253 g/mol. The molecular formula is C14H8FN3O. The molecule has 4 nitrogen and oxygen atoms in total. The molecule has 1 aliphatic rings. The average Bonchev–Trinajstić information content (AvgIpc) is 2.79. The lowest BCUT2D eigenvalue weighted by molar-refractivity contribution is 0.617. The fourth-order valence-electron chi connectivity index (χ4n) is 2.54. The van der Waals surface area contributed by atoms with Crippen molar-refractivity contribution in [1.29, 1.82) is 0 Å². The minimum Gasteiger partial charge on any atom is -0.268 e. The minimum atomic E-state index is -0.400. The molecule has 1 aliphatic heterocycles. The van der Waals surface area contributed by atoms with Crippen LogP contribution in [0.5, 0.6) is 0 Å². The number of benzene rings is 1. The van der Waals surface area contributed by atoms with Crippen LogP contribution in [-0.4, -0.2) is 14.5 Å². The van der Waals surface area contributed by atoms with Gasteiger partial charge in [0, 0.05) is 12.6 Å². The summed E-state index contributed by atoms with van der Waals surface area (Å²) in [7, 11) is 0. The van der Waals surface area contributed by atoms with E-state index in [2.05, 4.69) is 9.97 Å². The molecular weight excluding hydrogens is 245 g/mol. The van der Waals surface area contributed by atoms with Gasteiger partial charge in [-0.15, -0.1) is 0 Å². The van der Waals surface area contributed by atoms with E-state index in [4.69, 9.17) is 0 Å². The fourth-order valence-corrected chi connectivity index (χ4v) is 2.54. The van der Waals surface area contributed by atoms with Crippen molar-refractivity contribution >= 4 is 11.0 Å². The summed E-state index contributed by atoms with van der Waals surface area (Å²) in [6.45, 7) is 0. The monoisotopic (exact) mass is 253 g/mol. The summed E-state index contributed by atoms with van der Waals surface area (Å²) in [5.74, 6) is 0.139. The van der Waals surface area contributed by atoms with Crippen molar-refractivity contribution in [2.75, 3.05) is 0 Å². The van der Waals surface area contributed by atoms with Gasteiger partial charge in [0.1, 0.15) is 11.6 Å². The molecule has 3 aromatic rings. The van der Waals surface area contributed by atoms with Gasteiger partial charge < -0.3 is 0 Å². The van der Waals surface area contributed by atoms with Gasteiger partial charge in [0.15, 0.2) is 5.65 Å². The van der Waals surface area contributed by atoms with E-state index in [9.17, 15) is 9.18 Å². The maximum absolute atomic E-state index is 13.9. The Balaban J connectivity index is 2.19. The predicted octanol–water partition coefficient (Wildman–Crippen LogP) is 1.82. The Labute approximate surface area is 107 Å². The van der Waals surface area contributed by atoms with Gasteiger partial charge in [-0.1, -0.05) is 12.1 Å². The van der Waals surface area contributed by atoms with Crippen LogP contribution in [0, 0.1) is 5.82 Å². The zero-order chi connectivity index (χ0) is 13.0. The van der Waals surface area contributed by atoms with Crippen molar-refractivity contribution in [1.82, 2.24) is 14.5 Å². The van der Waals surface area contributed by atoms with Gasteiger partial charge in [0.2, 0.25) is 0 Å². The van der Waals surface area contributed by atoms with E-state index in [0.717, 1.165) is 5.56 Å². The molecule has 1 aromatic carbocycles. The second-order valence-corrected chi connectivity index (χ2v) is 4.47. The van der Waals surface area contributed by atoms with Gasteiger partial charge >= 0.3 is 0 Å². The summed E-state index contributed by atoms with van der Waals surface area (Å²) in [4.78, 5) is 20.9. The summed E-state index contributed by atoms with van der Waals surface area (Å²) >= 11 is 0. The second-order valence-electron chi connectivity index (χ2n) is 4.47. The highest BCUT2D eigenvalue weighted by atomic mass is 19.1. The van der Waals surface area contributed by atoms with E-state index in [1.165, 1.54) is 10.6 Å². The summed E-state index contributed by atoms with van der Waals surface area (Å²) < 4.78 is 15.3. The molecule has 0 aliphatic carbocycles. The third-order valence-corrected chi connectivity index (χ3v) is 3.36. The molecule has 0 unspecified atom stereocenters. The van der Waals surface area contributed by atoms with E-state index in [0.29, 0.717) is 29.0 Å². The van der Waals surface area contributed by atoms with Crippen molar-refractivity contribution in [3.63, 3.8) is 0 Å². The first kappa shape index (κ1) is 10.4. The Kier molecular flexibility index (Phi) is 1.90. The summed E-state index contributed by atoms with van der Waals surface area (Å²) in [6, 6.07) is 8.14. The molecule has 92 valence electrons. The molecule has 0 atom stereocenters. The zero-order valence-electron chi connectivity index (χ0n) is 9.80. The molecule has 0 spiro atoms. The number of para-hydroxylation sites is 1. The largest absolute Gasteiger partial charge is 0.268 e. The van der Waals surface area contributed by atoms with E-state index >= 15 is 0 Å². The molecule has 0 fully saturated rings. The summed E-state index contributed by atoms with van der Waals surface area (Å²) in [5.41, 5.74) is 1.24. The number of pyridine rings is 1. The van der Waals surface area contributed by atoms with Crippen LogP contribution in [-0.2, 0) is 6.42 Å². The molecule has 0 N–H and O–H groups in total. The first-order valence-electron chi connectivity index (χ1n) is 5.90. The Morgan fingerprint density at radius 2 is 2.11 bits per heavy atom. The molecule has 0 bridgehead atoms. The summed E-state index contributed by atoms with van der Waals surface area (Å²) in [6.07, 6.45) is 2.04. The molecule has 2 aromatic heterocycles. The van der Waals surface area contributed by atoms with Crippen molar-refractivity contribution in [2.45, 2.75) is 6.42 Å². The third kappa shape index (κ3) is 1.29. The number of nitrogens with zero attached hydrogens (tertiary/aromatic N) is 3. The second kappa shape index (κ2) is 3.47. The van der Waals surface area contributed by atoms with Crippen LogP contribution < -0.4 is 5.56 Å². The van der Waals surface area contributed by atoms with Crippen LogP contribution in [0.3, 0.4) is 0 Å². The van der Waals surface area contributed by atoms with Crippen LogP contribution in [0.15, 0.2) is 41.3 Å². The van der Waals surface area contributed by atoms with Gasteiger partial charge in [-0.25, -0.2) is 14.4 Å². The van der Waals surface area contributed by atoms with Gasteiger partial charge in [-0.05, 0) is 23.8 Å². The number of aromatic nitrogens is 3. The predicted molar refractivity (Wildman–Crippen MR) is 67.9 cm³/mol. The highest BCUT2D eigenvalue weighted by molar-refractivity contribution is 5.74. The minimum absolute atomic E-state index is 0.267. The number of fused-ring (bicyclic) bond motifs is 4. The fraction of sp³-hybridized carbons (Fsp3) is 0.0714. The van der Waals surface area contributed by atoms with Gasteiger partial charge in [0.25, 0.3) is 5.56 Å². The number of halogens is 1. The Bertz CT molecular complexity index is 885. The van der Waals surface area contributed by atoms with Crippen molar-refractivity contribution < 1.29 is 4.39 Å². The van der Waals surface area contributed by atoms with Gasteiger partial charge in [-0.3, -0.25) is 9.36 Å². The quantitative estimate of drug-likeness (QED) is 0.480. The lowest BCUT2D eigenvalue weighted by Gasteiger charge is -2.06.